The molecule has 2 atom stereocenters. The maximum Gasteiger partial charge on any atom is 0.0791 e. The molecule has 1 aliphatic rings. The third-order valence-electron chi connectivity index (χ3n) is 2.89. The summed E-state index contributed by atoms with van der Waals surface area (Å²) in [5.41, 5.74) is 0. The molecule has 4 heteroatoms. The van der Waals surface area contributed by atoms with E-state index in [9.17, 15) is 5.11 Å². The van der Waals surface area contributed by atoms with E-state index in [4.69, 9.17) is 5.26 Å². The largest absolute Gasteiger partial charge is 0.390 e. The van der Waals surface area contributed by atoms with Crippen molar-refractivity contribution in [2.24, 2.45) is 5.92 Å². The van der Waals surface area contributed by atoms with Crippen molar-refractivity contribution >= 4 is 0 Å². The molecule has 0 amide bonds. The van der Waals surface area contributed by atoms with Gasteiger partial charge in [0.15, 0.2) is 0 Å². The van der Waals surface area contributed by atoms with Gasteiger partial charge in [0.25, 0.3) is 0 Å². The first-order chi connectivity index (χ1) is 7.65. The van der Waals surface area contributed by atoms with Crippen molar-refractivity contribution in [1.82, 2.24) is 10.2 Å². The summed E-state index contributed by atoms with van der Waals surface area (Å²) >= 11 is 0. The molecule has 2 N–H and O–H groups in total. The first-order valence-corrected chi connectivity index (χ1v) is 6.19. The highest BCUT2D eigenvalue weighted by molar-refractivity contribution is 4.84. The molecule has 4 nitrogen and oxygen atoms in total. The molecule has 1 saturated carbocycles. The Morgan fingerprint density at radius 2 is 2.19 bits per heavy atom. The van der Waals surface area contributed by atoms with Crippen LogP contribution in [0, 0.1) is 17.2 Å². The smallest absolute Gasteiger partial charge is 0.0791 e. The van der Waals surface area contributed by atoms with Crippen LogP contribution in [0.1, 0.15) is 26.7 Å². The number of nitrogens with one attached hydrogen (secondary N) is 1. The molecule has 0 aromatic rings. The number of nitriles is 1. The van der Waals surface area contributed by atoms with Crippen molar-refractivity contribution < 1.29 is 5.11 Å². The maximum atomic E-state index is 9.83. The van der Waals surface area contributed by atoms with Gasteiger partial charge in [-0.1, -0.05) is 6.92 Å². The standard InChI is InChI=1S/C12H23N3O/c1-3-15(8-10(2)6-13)9-12(16)7-14-11-4-5-11/h10-12,14,16H,3-5,7-9H2,1-2H3. The van der Waals surface area contributed by atoms with Crippen LogP contribution < -0.4 is 5.32 Å². The molecule has 0 bridgehead atoms. The summed E-state index contributed by atoms with van der Waals surface area (Å²) in [6.07, 6.45) is 2.16. The number of rotatable bonds is 8. The Hall–Kier alpha value is -0.630. The molecular formula is C12H23N3O. The highest BCUT2D eigenvalue weighted by Gasteiger charge is 2.22. The number of hydrogen-bond donors (Lipinski definition) is 2. The molecular weight excluding hydrogens is 202 g/mol. The predicted molar refractivity (Wildman–Crippen MR) is 63.9 cm³/mol. The number of aliphatic hydroxyl groups is 1. The molecule has 2 unspecified atom stereocenters. The topological polar surface area (TPSA) is 59.3 Å². The van der Waals surface area contributed by atoms with Gasteiger partial charge in [-0.05, 0) is 26.3 Å². The highest BCUT2D eigenvalue weighted by atomic mass is 16.3. The summed E-state index contributed by atoms with van der Waals surface area (Å²) in [4.78, 5) is 2.13. The zero-order valence-corrected chi connectivity index (χ0v) is 10.3. The zero-order valence-electron chi connectivity index (χ0n) is 10.3. The van der Waals surface area contributed by atoms with Gasteiger partial charge in [0.05, 0.1) is 18.1 Å². The van der Waals surface area contributed by atoms with Crippen molar-refractivity contribution in [2.75, 3.05) is 26.2 Å². The van der Waals surface area contributed by atoms with Gasteiger partial charge in [-0.25, -0.2) is 0 Å². The minimum absolute atomic E-state index is 0.0311. The summed E-state index contributed by atoms with van der Waals surface area (Å²) in [6.45, 7) is 6.92. The van der Waals surface area contributed by atoms with Gasteiger partial charge >= 0.3 is 0 Å². The lowest BCUT2D eigenvalue weighted by Gasteiger charge is -2.24. The van der Waals surface area contributed by atoms with Crippen molar-refractivity contribution in [3.8, 4) is 6.07 Å². The molecule has 0 aromatic heterocycles. The number of likely N-dealkylation sites (N-methyl/N-ethyl adjacent to an activating group) is 1. The summed E-state index contributed by atoms with van der Waals surface area (Å²) < 4.78 is 0. The lowest BCUT2D eigenvalue weighted by molar-refractivity contribution is 0.110. The molecule has 16 heavy (non-hydrogen) atoms. The fraction of sp³-hybridized carbons (Fsp3) is 0.917. The lowest BCUT2D eigenvalue weighted by atomic mass is 10.2. The average Bonchev–Trinajstić information content (AvgIpc) is 3.09. The fourth-order valence-electron chi connectivity index (χ4n) is 1.71. The van der Waals surface area contributed by atoms with Gasteiger partial charge < -0.3 is 10.4 Å². The van der Waals surface area contributed by atoms with Crippen molar-refractivity contribution in [1.29, 1.82) is 5.26 Å². The van der Waals surface area contributed by atoms with Crippen LogP contribution in [0.2, 0.25) is 0 Å². The van der Waals surface area contributed by atoms with Gasteiger partial charge in [-0.15, -0.1) is 0 Å². The van der Waals surface area contributed by atoms with Gasteiger partial charge in [0.2, 0.25) is 0 Å². The Kier molecular flexibility index (Phi) is 5.75. The summed E-state index contributed by atoms with van der Waals surface area (Å²) in [6, 6.07) is 2.87. The van der Waals surface area contributed by atoms with E-state index in [1.165, 1.54) is 12.8 Å². The van der Waals surface area contributed by atoms with Crippen LogP contribution in [0.25, 0.3) is 0 Å². The zero-order chi connectivity index (χ0) is 12.0. The Morgan fingerprint density at radius 1 is 1.50 bits per heavy atom. The lowest BCUT2D eigenvalue weighted by Crippen LogP contribution is -2.40. The maximum absolute atomic E-state index is 9.83. The van der Waals surface area contributed by atoms with Crippen LogP contribution in [-0.4, -0.2) is 48.3 Å². The summed E-state index contributed by atoms with van der Waals surface area (Å²) in [5, 5.41) is 21.9. The van der Waals surface area contributed by atoms with E-state index in [0.29, 0.717) is 19.1 Å². The SMILES string of the molecule is CCN(CC(C)C#N)CC(O)CNC1CC1. The first kappa shape index (κ1) is 13.4. The Bertz CT molecular complexity index is 235. The molecule has 1 fully saturated rings. The summed E-state index contributed by atoms with van der Waals surface area (Å²) in [5.74, 6) is 0.0311. The molecule has 0 spiro atoms. The molecule has 0 aromatic carbocycles. The number of aliphatic hydroxyl groups excluding tert-OH is 1. The molecule has 92 valence electrons. The monoisotopic (exact) mass is 225 g/mol. The van der Waals surface area contributed by atoms with E-state index < -0.39 is 0 Å². The predicted octanol–water partition coefficient (Wildman–Crippen LogP) is 0.581. The van der Waals surface area contributed by atoms with Gasteiger partial charge in [0.1, 0.15) is 0 Å². The average molecular weight is 225 g/mol. The van der Waals surface area contributed by atoms with Crippen LogP contribution in [-0.2, 0) is 0 Å². The number of nitrogens with zero attached hydrogens (tertiary/aromatic N) is 2. The molecule has 0 heterocycles. The second-order valence-electron chi connectivity index (χ2n) is 4.72. The van der Waals surface area contributed by atoms with E-state index >= 15 is 0 Å². The highest BCUT2D eigenvalue weighted by Crippen LogP contribution is 2.18. The van der Waals surface area contributed by atoms with Gasteiger partial charge in [-0.3, -0.25) is 4.90 Å². The molecule has 0 aliphatic heterocycles. The van der Waals surface area contributed by atoms with Crippen LogP contribution >= 0.6 is 0 Å². The van der Waals surface area contributed by atoms with E-state index in [2.05, 4.69) is 23.2 Å². The van der Waals surface area contributed by atoms with Crippen molar-refractivity contribution in [3.63, 3.8) is 0 Å². The quantitative estimate of drug-likeness (QED) is 0.634. The minimum atomic E-state index is -0.327. The third-order valence-corrected chi connectivity index (χ3v) is 2.89. The third kappa shape index (κ3) is 5.45. The van der Waals surface area contributed by atoms with Gasteiger partial charge in [-0.2, -0.15) is 5.26 Å². The van der Waals surface area contributed by atoms with E-state index in [-0.39, 0.29) is 12.0 Å². The Morgan fingerprint density at radius 3 is 2.69 bits per heavy atom. The van der Waals surface area contributed by atoms with Crippen molar-refractivity contribution in [2.45, 2.75) is 38.8 Å². The molecule has 0 radical (unpaired) electrons. The second-order valence-corrected chi connectivity index (χ2v) is 4.72. The van der Waals surface area contributed by atoms with Crippen LogP contribution in [0.3, 0.4) is 0 Å². The van der Waals surface area contributed by atoms with E-state index in [1.807, 2.05) is 6.92 Å². The molecule has 1 aliphatic carbocycles. The number of hydrogen-bond acceptors (Lipinski definition) is 4. The normalized spacial score (nSPS) is 19.4. The van der Waals surface area contributed by atoms with Gasteiger partial charge in [0, 0.05) is 25.7 Å². The first-order valence-electron chi connectivity index (χ1n) is 6.19. The van der Waals surface area contributed by atoms with Crippen molar-refractivity contribution in [3.05, 3.63) is 0 Å². The van der Waals surface area contributed by atoms with Crippen LogP contribution in [0.15, 0.2) is 0 Å². The second kappa shape index (κ2) is 6.85. The summed E-state index contributed by atoms with van der Waals surface area (Å²) in [7, 11) is 0. The minimum Gasteiger partial charge on any atom is -0.390 e. The molecule has 0 saturated heterocycles. The van der Waals surface area contributed by atoms with Crippen LogP contribution in [0.4, 0.5) is 0 Å². The van der Waals surface area contributed by atoms with Crippen LogP contribution in [0.5, 0.6) is 0 Å². The fourth-order valence-corrected chi connectivity index (χ4v) is 1.71. The molecule has 1 rings (SSSR count). The van der Waals surface area contributed by atoms with E-state index in [0.717, 1.165) is 13.1 Å². The Balaban J connectivity index is 2.16. The van der Waals surface area contributed by atoms with E-state index in [1.54, 1.807) is 0 Å². The Labute approximate surface area is 98.2 Å².